The lowest BCUT2D eigenvalue weighted by Gasteiger charge is -2.36. The van der Waals surface area contributed by atoms with E-state index in [1.807, 2.05) is 18.2 Å². The third-order valence-corrected chi connectivity index (χ3v) is 23.9. The standard InChI is InChI=1S/C80H84N5O14P/c1-48-50(3)72(90)68(52(5)70(48)88)78(7,8)46-66(86)82(11)38-40-84(13)76(94)96-55-32-35-61-64(44-55)98-65-45-56(97-77(95)85(14)41-39-83(12)67(87)47-79(9,10)69-53(6)71(89)49(2)51(4)73(69)91)33-36-62(65)80(61)63-43-54(31-34-60(63)75(93)99-80)74(92)81-37-24-42-100(57-25-18-15-19-26-57,58-27-20-16-21-28-58)59-29-22-17-23-30-59/h15-23,25-36,43-45H,3-6,24,37-42,46-47H2,1-2,7-14H3,(H4-,81,88,89,90,91,92)/p+1. The van der Waals surface area contributed by atoms with Crippen LogP contribution in [0.2, 0.25) is 0 Å². The van der Waals surface area contributed by atoms with Gasteiger partial charge in [0.1, 0.15) is 69.2 Å². The summed E-state index contributed by atoms with van der Waals surface area (Å²) >= 11 is 0. The lowest BCUT2D eigenvalue weighted by molar-refractivity contribution is -0.132. The molecule has 19 nitrogen and oxygen atoms in total. The average molecular weight is 1370 g/mol. The van der Waals surface area contributed by atoms with Crippen molar-refractivity contribution in [2.75, 3.05) is 67.1 Å². The van der Waals surface area contributed by atoms with Crippen LogP contribution in [0.25, 0.3) is 26.3 Å². The largest absolute Gasteiger partial charge is 0.507 e. The normalized spacial score (nSPS) is 12.8. The van der Waals surface area contributed by atoms with E-state index in [4.69, 9.17) is 18.9 Å². The maximum atomic E-state index is 14.5. The summed E-state index contributed by atoms with van der Waals surface area (Å²) in [6.07, 6.45) is -0.368. The molecule has 2 aliphatic rings. The number of aromatic hydroxyl groups is 4. The van der Waals surface area contributed by atoms with Crippen molar-refractivity contribution in [1.82, 2.24) is 24.9 Å². The number of amides is 5. The summed E-state index contributed by atoms with van der Waals surface area (Å²) < 4.78 is 25.0. The van der Waals surface area contributed by atoms with E-state index < -0.39 is 47.8 Å². The summed E-state index contributed by atoms with van der Waals surface area (Å²) in [5.74, 6) is -2.02. The van der Waals surface area contributed by atoms with Gasteiger partial charge in [0.2, 0.25) is 11.8 Å². The topological polar surface area (TPSA) is 245 Å². The Kier molecular flexibility index (Phi) is 20.5. The molecule has 518 valence electrons. The van der Waals surface area contributed by atoms with E-state index in [0.717, 1.165) is 6.16 Å². The van der Waals surface area contributed by atoms with Gasteiger partial charge in [0.05, 0.1) is 11.7 Å². The second kappa shape index (κ2) is 28.5. The number of hydrogen-bond donors (Lipinski definition) is 5. The van der Waals surface area contributed by atoms with E-state index in [-0.39, 0.29) is 129 Å². The molecule has 0 fully saturated rings. The molecule has 100 heavy (non-hydrogen) atoms. The SMILES string of the molecule is C=c1c(C)c(O)c(=C)c(C(C)(C)CC(=O)N(C)CCN(C)C(=O)Oc2ccc3c(c2)Oc2cc(OC(=O)N(C)CCN(C)C(=O)CC(C)(C)c4c(O)c(=C)c(C)c(O)c4=C)ccc2C32OC(=O)c3ccc(C(=O)NCCC[P+](c4ccccc4)(c4ccccc4)c4ccccc4)cc32)c1O. The van der Waals surface area contributed by atoms with Gasteiger partial charge in [-0.2, -0.15) is 0 Å². The van der Waals surface area contributed by atoms with Crippen LogP contribution < -0.4 is 56.3 Å². The minimum atomic E-state index is -2.21. The Bertz CT molecular complexity index is 4490. The Morgan fingerprint density at radius 3 is 1.33 bits per heavy atom. The average Bonchev–Trinajstić information content (AvgIpc) is 1.48. The molecular weight excluding hydrogens is 1290 g/mol. The highest BCUT2D eigenvalue weighted by atomic mass is 31.2. The Hall–Kier alpha value is -10.9. The van der Waals surface area contributed by atoms with Gasteiger partial charge < -0.3 is 64.3 Å². The molecule has 0 unspecified atom stereocenters. The Morgan fingerprint density at radius 2 is 0.920 bits per heavy atom. The number of phenols is 4. The molecule has 0 saturated carbocycles. The summed E-state index contributed by atoms with van der Waals surface area (Å²) in [5, 5.41) is 51.4. The number of hydrogen-bond acceptors (Lipinski definition) is 14. The molecule has 0 bridgehead atoms. The first-order valence-electron chi connectivity index (χ1n) is 32.8. The van der Waals surface area contributed by atoms with Gasteiger partial charge in [-0.1, -0.05) is 109 Å². The predicted molar refractivity (Wildman–Crippen MR) is 389 cm³/mol. The lowest BCUT2D eigenvalue weighted by atomic mass is 9.77. The van der Waals surface area contributed by atoms with Crippen LogP contribution in [0.5, 0.6) is 46.0 Å². The number of nitrogens with zero attached hydrogens (tertiary/aromatic N) is 4. The van der Waals surface area contributed by atoms with Crippen molar-refractivity contribution >= 4 is 85.4 Å². The number of ether oxygens (including phenoxy) is 4. The highest BCUT2D eigenvalue weighted by Gasteiger charge is 2.54. The fourth-order valence-corrected chi connectivity index (χ4v) is 17.8. The first kappa shape index (κ1) is 71.9. The summed E-state index contributed by atoms with van der Waals surface area (Å²) in [6.45, 7) is 26.6. The summed E-state index contributed by atoms with van der Waals surface area (Å²) in [7, 11) is 3.97. The van der Waals surface area contributed by atoms with E-state index >= 15 is 0 Å². The van der Waals surface area contributed by atoms with Crippen molar-refractivity contribution in [3.8, 4) is 46.0 Å². The van der Waals surface area contributed by atoms with E-state index in [2.05, 4.69) is 104 Å². The Balaban J connectivity index is 0.892. The molecule has 0 aromatic heterocycles. The van der Waals surface area contributed by atoms with Crippen LogP contribution in [-0.4, -0.2) is 143 Å². The Morgan fingerprint density at radius 1 is 0.520 bits per heavy atom. The maximum absolute atomic E-state index is 14.5. The number of likely N-dealkylation sites (N-methyl/N-ethyl adjacent to an activating group) is 4. The second-order valence-electron chi connectivity index (χ2n) is 27.0. The highest BCUT2D eigenvalue weighted by molar-refractivity contribution is 7.95. The summed E-state index contributed by atoms with van der Waals surface area (Å²) in [4.78, 5) is 89.6. The molecule has 0 atom stereocenters. The van der Waals surface area contributed by atoms with Crippen LogP contribution in [0.3, 0.4) is 0 Å². The van der Waals surface area contributed by atoms with E-state index in [1.165, 1.54) is 73.9 Å². The van der Waals surface area contributed by atoms with Crippen LogP contribution in [0, 0.1) is 13.8 Å². The summed E-state index contributed by atoms with van der Waals surface area (Å²) in [5.41, 5.74) is -0.999. The number of phenolic OH excluding ortho intramolecular Hbond substituents is 4. The molecular formula is C80H85N5O14P+. The summed E-state index contributed by atoms with van der Waals surface area (Å²) in [6, 6.07) is 45.4. The number of carbonyl (C=O) groups is 6. The first-order valence-corrected chi connectivity index (χ1v) is 34.8. The molecule has 5 amide bonds. The first-order chi connectivity index (χ1) is 47.3. The minimum absolute atomic E-state index is 0.0228. The smallest absolute Gasteiger partial charge is 0.415 e. The minimum Gasteiger partial charge on any atom is -0.507 e. The van der Waals surface area contributed by atoms with Crippen molar-refractivity contribution in [2.45, 2.75) is 77.2 Å². The van der Waals surface area contributed by atoms with Crippen LogP contribution >= 0.6 is 7.26 Å². The van der Waals surface area contributed by atoms with Crippen molar-refractivity contribution < 1.29 is 68.1 Å². The number of fused-ring (bicyclic) bond motifs is 6. The zero-order valence-electron chi connectivity index (χ0n) is 58.2. The van der Waals surface area contributed by atoms with Crippen molar-refractivity contribution in [3.63, 3.8) is 0 Å². The van der Waals surface area contributed by atoms with Crippen LogP contribution in [0.4, 0.5) is 9.59 Å². The molecule has 1 spiro atoms. The molecule has 10 rings (SSSR count). The zero-order valence-corrected chi connectivity index (χ0v) is 59.1. The third kappa shape index (κ3) is 13.7. The molecule has 8 aromatic rings. The molecule has 0 aliphatic carbocycles. The number of rotatable bonds is 22. The third-order valence-electron chi connectivity index (χ3n) is 19.4. The van der Waals surface area contributed by atoms with Gasteiger partial charge in [0.25, 0.3) is 5.91 Å². The molecule has 5 N–H and O–H groups in total. The number of nitrogens with one attached hydrogen (secondary N) is 1. The molecule has 8 aromatic carbocycles. The molecule has 2 aliphatic heterocycles. The van der Waals surface area contributed by atoms with Gasteiger partial charge in [-0.25, -0.2) is 14.4 Å². The van der Waals surface area contributed by atoms with Gasteiger partial charge in [0.15, 0.2) is 5.60 Å². The maximum Gasteiger partial charge on any atom is 0.415 e. The second-order valence-corrected chi connectivity index (χ2v) is 30.7. The molecule has 0 saturated heterocycles. The highest BCUT2D eigenvalue weighted by Crippen LogP contribution is 2.58. The van der Waals surface area contributed by atoms with Crippen molar-refractivity contribution in [1.29, 1.82) is 0 Å². The fraction of sp³-hybridized carbons (Fsp3) is 0.275. The van der Waals surface area contributed by atoms with Crippen LogP contribution in [-0.2, 0) is 30.8 Å². The Labute approximate surface area is 582 Å². The molecule has 2 heterocycles. The van der Waals surface area contributed by atoms with Gasteiger partial charge in [-0.05, 0) is 99.1 Å². The lowest BCUT2D eigenvalue weighted by Crippen LogP contribution is -2.41. The zero-order chi connectivity index (χ0) is 72.5. The van der Waals surface area contributed by atoms with E-state index in [0.29, 0.717) is 51.9 Å². The fourth-order valence-electron chi connectivity index (χ4n) is 13.4. The monoisotopic (exact) mass is 1370 g/mol. The van der Waals surface area contributed by atoms with Crippen LogP contribution in [0.1, 0.15) is 107 Å². The van der Waals surface area contributed by atoms with Gasteiger partial charge in [0, 0.05) is 162 Å². The van der Waals surface area contributed by atoms with Gasteiger partial charge in [-0.15, -0.1) is 0 Å². The molecule has 20 heteroatoms. The quantitative estimate of drug-likeness (QED) is 0.0184. The predicted octanol–water partition coefficient (Wildman–Crippen LogP) is 8.96. The molecule has 0 radical (unpaired) electrons. The van der Waals surface area contributed by atoms with Gasteiger partial charge >= 0.3 is 18.2 Å². The van der Waals surface area contributed by atoms with Crippen molar-refractivity contribution in [2.24, 2.45) is 0 Å². The number of benzene rings is 8. The number of carbonyl (C=O) groups excluding carboxylic acids is 6. The van der Waals surface area contributed by atoms with E-state index in [1.54, 1.807) is 86.0 Å². The number of esters is 1. The van der Waals surface area contributed by atoms with Crippen molar-refractivity contribution in [3.05, 3.63) is 217 Å². The van der Waals surface area contributed by atoms with E-state index in [9.17, 15) is 49.2 Å². The van der Waals surface area contributed by atoms with Gasteiger partial charge in [-0.3, -0.25) is 14.4 Å². The van der Waals surface area contributed by atoms with Crippen LogP contribution in [0.15, 0.2) is 146 Å².